The first-order valence-corrected chi connectivity index (χ1v) is 9.82. The predicted octanol–water partition coefficient (Wildman–Crippen LogP) is 3.21. The number of carbonyl (C=O) groups is 1. The molecular weight excluding hydrogens is 380 g/mol. The Kier molecular flexibility index (Phi) is 5.76. The van der Waals surface area contributed by atoms with E-state index in [9.17, 15) is 9.59 Å². The highest BCUT2D eigenvalue weighted by atomic mass is 32.2. The van der Waals surface area contributed by atoms with Crippen molar-refractivity contribution in [3.8, 4) is 0 Å². The van der Waals surface area contributed by atoms with E-state index in [-0.39, 0.29) is 11.5 Å². The van der Waals surface area contributed by atoms with Crippen LogP contribution in [0.2, 0.25) is 0 Å². The lowest BCUT2D eigenvalue weighted by Gasteiger charge is -2.12. The van der Waals surface area contributed by atoms with Crippen molar-refractivity contribution in [1.82, 2.24) is 14.3 Å². The van der Waals surface area contributed by atoms with Crippen molar-refractivity contribution < 1.29 is 4.79 Å². The van der Waals surface area contributed by atoms with Crippen LogP contribution in [0.4, 0.5) is 5.82 Å². The zero-order valence-electron chi connectivity index (χ0n) is 15.2. The van der Waals surface area contributed by atoms with Gasteiger partial charge in [0.15, 0.2) is 0 Å². The van der Waals surface area contributed by atoms with E-state index >= 15 is 0 Å². The average molecular weight is 401 g/mol. The van der Waals surface area contributed by atoms with Crippen molar-refractivity contribution in [2.45, 2.75) is 20.3 Å². The van der Waals surface area contributed by atoms with E-state index in [1.54, 1.807) is 24.4 Å². The zero-order chi connectivity index (χ0) is 19.6. The van der Waals surface area contributed by atoms with Crippen LogP contribution in [0.1, 0.15) is 24.5 Å². The molecule has 0 atom stereocenters. The van der Waals surface area contributed by atoms with E-state index < -0.39 is 0 Å². The largest absolute Gasteiger partial charge is 0.369 e. The van der Waals surface area contributed by atoms with Gasteiger partial charge in [0.1, 0.15) is 15.8 Å². The van der Waals surface area contributed by atoms with Gasteiger partial charge in [-0.1, -0.05) is 43.0 Å². The van der Waals surface area contributed by atoms with Crippen molar-refractivity contribution in [1.29, 1.82) is 0 Å². The van der Waals surface area contributed by atoms with Gasteiger partial charge >= 0.3 is 0 Å². The van der Waals surface area contributed by atoms with Crippen molar-refractivity contribution in [3.63, 3.8) is 0 Å². The van der Waals surface area contributed by atoms with Gasteiger partial charge in [-0.15, -0.1) is 6.58 Å². The molecule has 27 heavy (non-hydrogen) atoms. The molecule has 3 heterocycles. The number of anilines is 1. The highest BCUT2D eigenvalue weighted by Crippen LogP contribution is 2.32. The van der Waals surface area contributed by atoms with Gasteiger partial charge in [0.2, 0.25) is 0 Å². The van der Waals surface area contributed by atoms with Crippen molar-refractivity contribution in [3.05, 3.63) is 57.4 Å². The minimum absolute atomic E-state index is 0.222. The highest BCUT2D eigenvalue weighted by molar-refractivity contribution is 8.26. The average Bonchev–Trinajstić information content (AvgIpc) is 2.91. The molecule has 3 rings (SSSR count). The fourth-order valence-electron chi connectivity index (χ4n) is 2.74. The van der Waals surface area contributed by atoms with Crippen molar-refractivity contribution in [2.24, 2.45) is 0 Å². The van der Waals surface area contributed by atoms with Gasteiger partial charge in [-0.25, -0.2) is 4.98 Å². The maximum absolute atomic E-state index is 13.1. The van der Waals surface area contributed by atoms with Crippen molar-refractivity contribution >= 4 is 51.7 Å². The SMILES string of the molecule is C=CCN1C(=O)/C(=C/c2c(NCCC)nc3c(C)cccn3c2=O)SC1=S. The van der Waals surface area contributed by atoms with Crippen LogP contribution >= 0.6 is 24.0 Å². The van der Waals surface area contributed by atoms with Gasteiger partial charge in [0.25, 0.3) is 11.5 Å². The summed E-state index contributed by atoms with van der Waals surface area (Å²) in [6.07, 6.45) is 5.78. The number of fused-ring (bicyclic) bond motifs is 1. The van der Waals surface area contributed by atoms with Gasteiger partial charge in [-0.05, 0) is 31.1 Å². The molecule has 140 valence electrons. The lowest BCUT2D eigenvalue weighted by Crippen LogP contribution is -2.28. The number of thiocarbonyl (C=S) groups is 1. The molecule has 1 N–H and O–H groups in total. The Balaban J connectivity index is 2.17. The summed E-state index contributed by atoms with van der Waals surface area (Å²) in [5.74, 6) is 0.255. The van der Waals surface area contributed by atoms with E-state index in [1.165, 1.54) is 21.1 Å². The Morgan fingerprint density at radius 2 is 2.19 bits per heavy atom. The molecule has 6 nitrogen and oxygen atoms in total. The molecule has 0 aliphatic carbocycles. The molecule has 0 radical (unpaired) electrons. The maximum atomic E-state index is 13.1. The van der Waals surface area contributed by atoms with Gasteiger partial charge < -0.3 is 5.32 Å². The molecule has 8 heteroatoms. The number of aryl methyl sites for hydroxylation is 1. The summed E-state index contributed by atoms with van der Waals surface area (Å²) in [6, 6.07) is 3.71. The molecule has 0 spiro atoms. The van der Waals surface area contributed by atoms with Crippen LogP contribution in [0.3, 0.4) is 0 Å². The second-order valence-electron chi connectivity index (χ2n) is 6.07. The minimum atomic E-state index is -0.226. The molecule has 1 aliphatic heterocycles. The second kappa shape index (κ2) is 8.06. The zero-order valence-corrected chi connectivity index (χ0v) is 16.8. The number of hydrogen-bond donors (Lipinski definition) is 1. The molecule has 0 aromatic carbocycles. The molecule has 0 saturated carbocycles. The lowest BCUT2D eigenvalue weighted by atomic mass is 10.2. The summed E-state index contributed by atoms with van der Waals surface area (Å²) in [6.45, 7) is 8.61. The van der Waals surface area contributed by atoms with E-state index in [0.717, 1.165) is 12.0 Å². The first kappa shape index (κ1) is 19.3. The number of carbonyl (C=O) groups excluding carboxylic acids is 1. The molecule has 2 aromatic rings. The standard InChI is InChI=1S/C19H20N4O2S2/c1-4-8-20-15-13(11-14-18(25)23(9-5-2)19(26)27-14)17(24)22-10-6-7-12(3)16(22)21-15/h5-7,10-11,20H,2,4,8-9H2,1,3H3/b14-11-. The molecule has 1 fully saturated rings. The normalized spacial score (nSPS) is 15.8. The van der Waals surface area contributed by atoms with Gasteiger partial charge in [-0.3, -0.25) is 18.9 Å². The van der Waals surface area contributed by atoms with Gasteiger partial charge in [-0.2, -0.15) is 0 Å². The van der Waals surface area contributed by atoms with E-state index in [1.807, 2.05) is 19.9 Å². The van der Waals surface area contributed by atoms with Crippen LogP contribution in [0.15, 0.2) is 40.7 Å². The van der Waals surface area contributed by atoms with Crippen molar-refractivity contribution in [2.75, 3.05) is 18.4 Å². The van der Waals surface area contributed by atoms with Gasteiger partial charge in [0.05, 0.1) is 10.5 Å². The summed E-state index contributed by atoms with van der Waals surface area (Å²) < 4.78 is 1.96. The molecule has 1 saturated heterocycles. The Morgan fingerprint density at radius 3 is 2.89 bits per heavy atom. The van der Waals surface area contributed by atoms with Gasteiger partial charge in [0, 0.05) is 19.3 Å². The Hall–Kier alpha value is -2.45. The number of rotatable bonds is 6. The number of aromatic nitrogens is 2. The van der Waals surface area contributed by atoms with Crippen LogP contribution in [0.5, 0.6) is 0 Å². The number of nitrogens with zero attached hydrogens (tertiary/aromatic N) is 3. The fourth-order valence-corrected chi connectivity index (χ4v) is 3.99. The molecule has 1 amide bonds. The Labute approximate surface area is 167 Å². The third kappa shape index (κ3) is 3.68. The first-order valence-electron chi connectivity index (χ1n) is 8.60. The smallest absolute Gasteiger partial charge is 0.267 e. The van der Waals surface area contributed by atoms with E-state index in [0.29, 0.717) is 39.3 Å². The topological polar surface area (TPSA) is 66.7 Å². The summed E-state index contributed by atoms with van der Waals surface area (Å²) >= 11 is 6.45. The Bertz CT molecular complexity index is 1030. The van der Waals surface area contributed by atoms with E-state index in [2.05, 4.69) is 16.9 Å². The number of pyridine rings is 1. The third-order valence-corrected chi connectivity index (χ3v) is 5.47. The maximum Gasteiger partial charge on any atom is 0.267 e. The lowest BCUT2D eigenvalue weighted by molar-refractivity contribution is -0.121. The predicted molar refractivity (Wildman–Crippen MR) is 115 cm³/mol. The Morgan fingerprint density at radius 1 is 1.41 bits per heavy atom. The number of nitrogens with one attached hydrogen (secondary N) is 1. The molecule has 0 bridgehead atoms. The third-order valence-electron chi connectivity index (χ3n) is 4.09. The summed E-state index contributed by atoms with van der Waals surface area (Å²) in [7, 11) is 0. The minimum Gasteiger partial charge on any atom is -0.369 e. The van der Waals surface area contributed by atoms with Crippen LogP contribution in [0, 0.1) is 6.92 Å². The van der Waals surface area contributed by atoms with Crippen LogP contribution in [-0.2, 0) is 4.79 Å². The summed E-state index contributed by atoms with van der Waals surface area (Å²) in [5, 5.41) is 3.21. The number of amides is 1. The quantitative estimate of drug-likeness (QED) is 0.456. The van der Waals surface area contributed by atoms with Crippen LogP contribution < -0.4 is 10.9 Å². The molecule has 2 aromatic heterocycles. The monoisotopic (exact) mass is 400 g/mol. The highest BCUT2D eigenvalue weighted by Gasteiger charge is 2.31. The van der Waals surface area contributed by atoms with Crippen LogP contribution in [0.25, 0.3) is 11.7 Å². The van der Waals surface area contributed by atoms with E-state index in [4.69, 9.17) is 12.2 Å². The first-order chi connectivity index (χ1) is 13.0. The van der Waals surface area contributed by atoms with Crippen LogP contribution in [-0.4, -0.2) is 37.6 Å². The molecule has 0 unspecified atom stereocenters. The summed E-state index contributed by atoms with van der Waals surface area (Å²) in [4.78, 5) is 32.2. The number of hydrogen-bond acceptors (Lipinski definition) is 6. The fraction of sp³-hybridized carbons (Fsp3) is 0.263. The number of thioether (sulfide) groups is 1. The second-order valence-corrected chi connectivity index (χ2v) is 7.75. The summed E-state index contributed by atoms with van der Waals surface area (Å²) in [5.41, 5.74) is 1.62. The molecular formula is C19H20N4O2S2. The molecule has 1 aliphatic rings.